The van der Waals surface area contributed by atoms with Gasteiger partial charge in [0.25, 0.3) is 0 Å². The molecule has 8 nitrogen and oxygen atoms in total. The third-order valence-electron chi connectivity index (χ3n) is 9.60. The zero-order valence-corrected chi connectivity index (χ0v) is 49.3. The fraction of sp³-hybridized carbons (Fsp3) is 0.571. The Morgan fingerprint density at radius 1 is 0.485 bits per heavy atom. The maximum absolute atomic E-state index is 13.3. The highest BCUT2D eigenvalue weighted by Crippen LogP contribution is 2.45. The Morgan fingerprint density at radius 2 is 0.794 bits per heavy atom. The summed E-state index contributed by atoms with van der Waals surface area (Å²) in [7, 11) is -6.42. The molecule has 1 aliphatic carbocycles. The van der Waals surface area contributed by atoms with E-state index in [1.54, 1.807) is 27.7 Å². The van der Waals surface area contributed by atoms with Crippen LogP contribution in [0.5, 0.6) is 0 Å². The lowest BCUT2D eigenvalue weighted by atomic mass is 9.81. The van der Waals surface area contributed by atoms with Crippen LogP contribution in [0.3, 0.4) is 0 Å². The maximum atomic E-state index is 13.3. The van der Waals surface area contributed by atoms with Crippen molar-refractivity contribution in [2.45, 2.75) is 172 Å². The molecule has 0 bridgehead atoms. The lowest BCUT2D eigenvalue weighted by molar-refractivity contribution is -0.173. The number of carbonyl (C=O) groups is 4. The molecular weight excluding hydrogens is 913 g/mol. The van der Waals surface area contributed by atoms with Crippen molar-refractivity contribution in [3.8, 4) is 81.4 Å². The Balaban J connectivity index is 0.00000124. The Bertz CT molecular complexity index is 2240. The molecule has 0 radical (unpaired) electrons. The average Bonchev–Trinajstić information content (AvgIpc) is 3.65. The van der Waals surface area contributed by atoms with E-state index in [0.717, 1.165) is 35.1 Å². The van der Waals surface area contributed by atoms with Gasteiger partial charge < -0.3 is 18.9 Å². The van der Waals surface area contributed by atoms with Gasteiger partial charge in [-0.15, -0.1) is 34.0 Å². The van der Waals surface area contributed by atoms with Gasteiger partial charge in [0.05, 0.1) is 26.4 Å². The van der Waals surface area contributed by atoms with E-state index in [-0.39, 0.29) is 52.1 Å². The summed E-state index contributed by atoms with van der Waals surface area (Å²) < 4.78 is 21.2. The summed E-state index contributed by atoms with van der Waals surface area (Å²) in [5.74, 6) is 26.9. The predicted molar refractivity (Wildman–Crippen MR) is 291 cm³/mol. The van der Waals surface area contributed by atoms with Crippen LogP contribution in [0.15, 0.2) is 0 Å². The fourth-order valence-electron chi connectivity index (χ4n) is 6.41. The first-order valence-electron chi connectivity index (χ1n) is 23.8. The van der Waals surface area contributed by atoms with Crippen LogP contribution in [0.4, 0.5) is 0 Å². The van der Waals surface area contributed by atoms with Crippen molar-refractivity contribution in [2.24, 2.45) is 10.8 Å². The van der Waals surface area contributed by atoms with Gasteiger partial charge in [-0.3, -0.25) is 19.2 Å². The van der Waals surface area contributed by atoms with Crippen molar-refractivity contribution in [1.29, 1.82) is 0 Å². The molecule has 12 heteroatoms. The van der Waals surface area contributed by atoms with Gasteiger partial charge in [-0.2, -0.15) is 0 Å². The van der Waals surface area contributed by atoms with Gasteiger partial charge in [-0.05, 0) is 100 Å². The molecule has 1 aliphatic rings. The van der Waals surface area contributed by atoms with Crippen LogP contribution in [0.25, 0.3) is 0 Å². The fourth-order valence-corrected chi connectivity index (χ4v) is 8.28. The van der Waals surface area contributed by atoms with Crippen molar-refractivity contribution in [2.75, 3.05) is 26.4 Å². The first kappa shape index (κ1) is 62.9. The van der Waals surface area contributed by atoms with Crippen molar-refractivity contribution in [1.82, 2.24) is 0 Å². The average molecular weight is 994 g/mol. The molecule has 0 atom stereocenters. The number of hydrogen-bond acceptors (Lipinski definition) is 8. The molecule has 2 rings (SSSR count). The maximum Gasteiger partial charge on any atom is 0.325 e. The van der Waals surface area contributed by atoms with Gasteiger partial charge in [0.15, 0.2) is 10.8 Å². The lowest BCUT2D eigenvalue weighted by Gasteiger charge is -2.25. The number of benzene rings is 1. The SMILES string of the molecule is CC#CC.CCOC(=O)C(CC#CC#C[Si](C)(C)C)(CC#CC#C[Si](C)(C)C)C(=O)OCC.CCOC(=O)C1(C(=O)OCC)Cc2c(C#C[Si](C)(C)C)c(CC)c(CC)c(C#C[Si](C)(C)C)c2C1. The molecule has 0 aromatic heterocycles. The summed E-state index contributed by atoms with van der Waals surface area (Å²) in [5.41, 5.74) is 16.6. The van der Waals surface area contributed by atoms with Crippen LogP contribution in [0.2, 0.25) is 78.6 Å². The largest absolute Gasteiger partial charge is 0.465 e. The molecule has 368 valence electrons. The summed E-state index contributed by atoms with van der Waals surface area (Å²) in [5, 5.41) is 0. The van der Waals surface area contributed by atoms with E-state index in [1.165, 1.54) is 11.1 Å². The van der Waals surface area contributed by atoms with Gasteiger partial charge in [-0.25, -0.2) is 0 Å². The standard InChI is InChI=1S/C29H42O4Si2.C23H32O4Si2.C4H6/c1-11-21-22(12-2)24(16-18-35(8,9)10)26-20-29(27(30)32-13-3,28(31)33-14-4)19-25(26)23(21)15-17-34(5,6)7;1-9-26-21(24)23(22(25)27-10-2,17-13-11-15-19-28(3,4)5)18-14-12-16-20-29(6,7)8;1-3-4-2/h11-14,19-20H2,1-10H3;9-10,17-18H2,1-8H3;1-2H3. The summed E-state index contributed by atoms with van der Waals surface area (Å²) in [6.07, 6.45) is 1.99. The second kappa shape index (κ2) is 29.0. The van der Waals surface area contributed by atoms with E-state index >= 15 is 0 Å². The third-order valence-corrected chi connectivity index (χ3v) is 13.1. The summed E-state index contributed by atoms with van der Waals surface area (Å²) in [6.45, 7) is 41.6. The summed E-state index contributed by atoms with van der Waals surface area (Å²) in [6, 6.07) is 0. The third kappa shape index (κ3) is 21.0. The van der Waals surface area contributed by atoms with Crippen molar-refractivity contribution in [3.63, 3.8) is 0 Å². The molecule has 0 fully saturated rings. The van der Waals surface area contributed by atoms with E-state index in [2.05, 4.69) is 174 Å². The van der Waals surface area contributed by atoms with E-state index in [1.807, 2.05) is 13.8 Å². The van der Waals surface area contributed by atoms with E-state index in [0.29, 0.717) is 0 Å². The normalized spacial score (nSPS) is 12.0. The summed E-state index contributed by atoms with van der Waals surface area (Å²) in [4.78, 5) is 52.1. The zero-order chi connectivity index (χ0) is 52.6. The van der Waals surface area contributed by atoms with Crippen molar-refractivity contribution >= 4 is 56.2 Å². The van der Waals surface area contributed by atoms with Crippen LogP contribution in [0, 0.1) is 92.2 Å². The molecule has 0 unspecified atom stereocenters. The van der Waals surface area contributed by atoms with Crippen LogP contribution in [-0.4, -0.2) is 82.6 Å². The highest BCUT2D eigenvalue weighted by atomic mass is 28.3. The monoisotopic (exact) mass is 992 g/mol. The predicted octanol–water partition coefficient (Wildman–Crippen LogP) is 10.2. The molecule has 68 heavy (non-hydrogen) atoms. The minimum Gasteiger partial charge on any atom is -0.465 e. The minimum absolute atomic E-state index is 0.0683. The first-order valence-corrected chi connectivity index (χ1v) is 37.8. The zero-order valence-electron chi connectivity index (χ0n) is 45.3. The van der Waals surface area contributed by atoms with Crippen molar-refractivity contribution < 1.29 is 38.1 Å². The van der Waals surface area contributed by atoms with Gasteiger partial charge in [-0.1, -0.05) is 116 Å². The highest BCUT2D eigenvalue weighted by molar-refractivity contribution is 6.85. The number of ether oxygens (including phenoxy) is 4. The first-order chi connectivity index (χ1) is 31.5. The van der Waals surface area contributed by atoms with Crippen LogP contribution in [0.1, 0.15) is 102 Å². The Hall–Kier alpha value is -5.11. The van der Waals surface area contributed by atoms with Crippen molar-refractivity contribution in [3.05, 3.63) is 33.4 Å². The molecule has 0 heterocycles. The smallest absolute Gasteiger partial charge is 0.325 e. The second-order valence-corrected chi connectivity index (χ2v) is 39.2. The van der Waals surface area contributed by atoms with Gasteiger partial charge in [0.2, 0.25) is 0 Å². The minimum atomic E-state index is -1.66. The molecule has 1 aromatic rings. The number of hydrogen-bond donors (Lipinski definition) is 0. The quantitative estimate of drug-likeness (QED) is 0.0671. The molecule has 0 saturated carbocycles. The molecule has 0 saturated heterocycles. The molecule has 0 aliphatic heterocycles. The van der Waals surface area contributed by atoms with Crippen LogP contribution in [-0.2, 0) is 63.8 Å². The van der Waals surface area contributed by atoms with E-state index in [9.17, 15) is 19.2 Å². The molecular formula is C56H80O8Si4. The Kier molecular flexibility index (Phi) is 26.9. The van der Waals surface area contributed by atoms with E-state index in [4.69, 9.17) is 18.9 Å². The Morgan fingerprint density at radius 3 is 1.04 bits per heavy atom. The molecule has 0 spiro atoms. The molecule has 1 aromatic carbocycles. The van der Waals surface area contributed by atoms with Gasteiger partial charge in [0.1, 0.15) is 32.3 Å². The number of esters is 4. The molecule has 0 N–H and O–H groups in total. The second-order valence-electron chi connectivity index (χ2n) is 20.2. The van der Waals surface area contributed by atoms with Crippen LogP contribution < -0.4 is 0 Å². The molecule has 0 amide bonds. The highest BCUT2D eigenvalue weighted by Gasteiger charge is 2.54. The Labute approximate surface area is 416 Å². The van der Waals surface area contributed by atoms with E-state index < -0.39 is 67.0 Å². The summed E-state index contributed by atoms with van der Waals surface area (Å²) >= 11 is 0. The van der Waals surface area contributed by atoms with Crippen LogP contribution >= 0.6 is 0 Å². The van der Waals surface area contributed by atoms with Gasteiger partial charge in [0, 0.05) is 36.8 Å². The number of carbonyl (C=O) groups excluding carboxylic acids is 4. The number of fused-ring (bicyclic) bond motifs is 1. The van der Waals surface area contributed by atoms with Gasteiger partial charge >= 0.3 is 23.9 Å². The number of rotatable bonds is 12. The topological polar surface area (TPSA) is 105 Å². The lowest BCUT2D eigenvalue weighted by Crippen LogP contribution is -2.43.